The third-order valence-electron chi connectivity index (χ3n) is 2.91. The van der Waals surface area contributed by atoms with Gasteiger partial charge in [0.15, 0.2) is 0 Å². The third kappa shape index (κ3) is 3.90. The Morgan fingerprint density at radius 2 is 2.15 bits per heavy atom. The van der Waals surface area contributed by atoms with E-state index >= 15 is 0 Å². The molecule has 0 unspecified atom stereocenters. The fourth-order valence-corrected chi connectivity index (χ4v) is 3.36. The summed E-state index contributed by atoms with van der Waals surface area (Å²) in [4.78, 5) is 3.50. The van der Waals surface area contributed by atoms with Crippen molar-refractivity contribution in [3.05, 3.63) is 39.0 Å². The fraction of sp³-hybridized carbons (Fsp3) is 0.333. The van der Waals surface area contributed by atoms with Crippen LogP contribution in [0.15, 0.2) is 34.1 Å². The van der Waals surface area contributed by atoms with Crippen LogP contribution in [0.2, 0.25) is 0 Å². The second-order valence-electron chi connectivity index (χ2n) is 4.66. The molecule has 0 aliphatic heterocycles. The van der Waals surface area contributed by atoms with Crippen LogP contribution >= 0.6 is 27.3 Å². The first-order valence-corrected chi connectivity index (χ1v) is 8.23. The lowest BCUT2D eigenvalue weighted by Crippen LogP contribution is -2.15. The van der Waals surface area contributed by atoms with E-state index < -0.39 is 0 Å². The lowest BCUT2D eigenvalue weighted by molar-refractivity contribution is 0.319. The predicted molar refractivity (Wildman–Crippen MR) is 90.8 cm³/mol. The normalized spacial score (nSPS) is 10.6. The van der Waals surface area contributed by atoms with Gasteiger partial charge in [-0.25, -0.2) is 0 Å². The van der Waals surface area contributed by atoms with Crippen molar-refractivity contribution in [2.75, 3.05) is 24.3 Å². The molecule has 2 rings (SSSR count). The van der Waals surface area contributed by atoms with Gasteiger partial charge in [0, 0.05) is 33.5 Å². The maximum Gasteiger partial charge on any atom is 0.144 e. The molecular formula is C15H19BrN2OS. The van der Waals surface area contributed by atoms with Crippen molar-refractivity contribution >= 4 is 38.6 Å². The molecule has 20 heavy (non-hydrogen) atoms. The number of benzene rings is 1. The van der Waals surface area contributed by atoms with Gasteiger partial charge in [-0.15, -0.1) is 11.3 Å². The Hall–Kier alpha value is -1.20. The largest absolute Gasteiger partial charge is 0.491 e. The van der Waals surface area contributed by atoms with Crippen LogP contribution in [-0.2, 0) is 6.54 Å². The first-order valence-electron chi connectivity index (χ1n) is 6.56. The molecule has 0 radical (unpaired) electrons. The molecule has 2 N–H and O–H groups in total. The molecule has 0 aliphatic rings. The van der Waals surface area contributed by atoms with Gasteiger partial charge in [0.1, 0.15) is 5.75 Å². The van der Waals surface area contributed by atoms with E-state index in [0.29, 0.717) is 12.3 Å². The van der Waals surface area contributed by atoms with Gasteiger partial charge in [0.25, 0.3) is 0 Å². The van der Waals surface area contributed by atoms with Gasteiger partial charge in [-0.3, -0.25) is 0 Å². The summed E-state index contributed by atoms with van der Waals surface area (Å²) < 4.78 is 6.81. The summed E-state index contributed by atoms with van der Waals surface area (Å²) in [6, 6.07) is 8.08. The number of ether oxygens (including phenoxy) is 1. The maximum absolute atomic E-state index is 5.94. The molecule has 1 aromatic carbocycles. The van der Waals surface area contributed by atoms with Gasteiger partial charge in [0.05, 0.1) is 18.8 Å². The summed E-state index contributed by atoms with van der Waals surface area (Å²) in [5, 5.41) is 2.10. The van der Waals surface area contributed by atoms with Crippen molar-refractivity contribution in [1.29, 1.82) is 0 Å². The smallest absolute Gasteiger partial charge is 0.144 e. The van der Waals surface area contributed by atoms with E-state index in [1.165, 1.54) is 4.88 Å². The average Bonchev–Trinajstić information content (AvgIpc) is 2.83. The first-order chi connectivity index (χ1) is 9.60. The van der Waals surface area contributed by atoms with E-state index in [1.54, 1.807) is 11.3 Å². The molecule has 108 valence electrons. The Balaban J connectivity index is 2.10. The number of halogens is 1. The molecule has 0 bridgehead atoms. The number of nitrogens with two attached hydrogens (primary N) is 1. The number of thiophene rings is 1. The molecule has 3 nitrogen and oxygen atoms in total. The van der Waals surface area contributed by atoms with Crippen molar-refractivity contribution in [3.8, 4) is 5.75 Å². The fourth-order valence-electron chi connectivity index (χ4n) is 1.86. The first kappa shape index (κ1) is 15.2. The molecule has 0 spiro atoms. The summed E-state index contributed by atoms with van der Waals surface area (Å²) >= 11 is 5.23. The maximum atomic E-state index is 5.94. The number of hydrogen-bond acceptors (Lipinski definition) is 4. The lowest BCUT2D eigenvalue weighted by atomic mass is 10.2. The zero-order valence-corrected chi connectivity index (χ0v) is 14.1. The van der Waals surface area contributed by atoms with Crippen LogP contribution in [0.1, 0.15) is 18.2 Å². The lowest BCUT2D eigenvalue weighted by Gasteiger charge is -2.20. The standard InChI is InChI=1S/C15H19BrN2OS/c1-3-6-19-15-8-12(4-5-14(15)17)18(2)9-13-7-11(16)10-20-13/h4-5,7-8,10H,3,6,9,17H2,1-2H3. The SMILES string of the molecule is CCCOc1cc(N(C)Cc2cc(Br)cs2)ccc1N. The van der Waals surface area contributed by atoms with Crippen molar-refractivity contribution in [2.45, 2.75) is 19.9 Å². The topological polar surface area (TPSA) is 38.5 Å². The molecule has 0 amide bonds. The van der Waals surface area contributed by atoms with E-state index in [2.05, 4.69) is 46.2 Å². The summed E-state index contributed by atoms with van der Waals surface area (Å²) in [5.41, 5.74) is 7.73. The minimum absolute atomic E-state index is 0.689. The Morgan fingerprint density at radius 1 is 1.35 bits per heavy atom. The zero-order valence-electron chi connectivity index (χ0n) is 11.7. The van der Waals surface area contributed by atoms with Crippen LogP contribution in [-0.4, -0.2) is 13.7 Å². The third-order valence-corrected chi connectivity index (χ3v) is 4.60. The van der Waals surface area contributed by atoms with E-state index in [4.69, 9.17) is 10.5 Å². The molecule has 0 atom stereocenters. The molecule has 1 aromatic heterocycles. The quantitative estimate of drug-likeness (QED) is 0.775. The molecular weight excluding hydrogens is 336 g/mol. The van der Waals surface area contributed by atoms with Crippen LogP contribution in [0.5, 0.6) is 5.75 Å². The second-order valence-corrected chi connectivity index (χ2v) is 6.57. The Kier molecular flexibility index (Phi) is 5.31. The van der Waals surface area contributed by atoms with E-state index in [9.17, 15) is 0 Å². The Labute approximate surface area is 132 Å². The molecule has 2 aromatic rings. The van der Waals surface area contributed by atoms with Crippen molar-refractivity contribution < 1.29 is 4.74 Å². The zero-order chi connectivity index (χ0) is 14.5. The Morgan fingerprint density at radius 3 is 2.80 bits per heavy atom. The Bertz CT molecular complexity index is 571. The number of nitrogen functional groups attached to an aromatic ring is 1. The highest BCUT2D eigenvalue weighted by molar-refractivity contribution is 9.10. The summed E-state index contributed by atoms with van der Waals surface area (Å²) in [6.45, 7) is 3.64. The number of rotatable bonds is 6. The molecule has 5 heteroatoms. The monoisotopic (exact) mass is 354 g/mol. The van der Waals surface area contributed by atoms with Gasteiger partial charge < -0.3 is 15.4 Å². The average molecular weight is 355 g/mol. The number of anilines is 2. The highest BCUT2D eigenvalue weighted by Gasteiger charge is 2.08. The van der Waals surface area contributed by atoms with E-state index in [1.807, 2.05) is 18.2 Å². The minimum atomic E-state index is 0.689. The van der Waals surface area contributed by atoms with Crippen LogP contribution in [0.25, 0.3) is 0 Å². The van der Waals surface area contributed by atoms with Gasteiger partial charge in [-0.1, -0.05) is 6.92 Å². The van der Waals surface area contributed by atoms with Crippen molar-refractivity contribution in [1.82, 2.24) is 0 Å². The van der Waals surface area contributed by atoms with Gasteiger partial charge in [0.2, 0.25) is 0 Å². The number of hydrogen-bond donors (Lipinski definition) is 1. The van der Waals surface area contributed by atoms with Gasteiger partial charge >= 0.3 is 0 Å². The van der Waals surface area contributed by atoms with E-state index in [0.717, 1.165) is 28.9 Å². The van der Waals surface area contributed by atoms with Crippen LogP contribution in [0.4, 0.5) is 11.4 Å². The minimum Gasteiger partial charge on any atom is -0.491 e. The highest BCUT2D eigenvalue weighted by atomic mass is 79.9. The van der Waals surface area contributed by atoms with Crippen LogP contribution in [0.3, 0.4) is 0 Å². The van der Waals surface area contributed by atoms with Gasteiger partial charge in [-0.2, -0.15) is 0 Å². The second kappa shape index (κ2) is 6.99. The van der Waals surface area contributed by atoms with Crippen LogP contribution in [0, 0.1) is 0 Å². The molecule has 0 saturated heterocycles. The summed E-state index contributed by atoms with van der Waals surface area (Å²) in [5.74, 6) is 0.767. The van der Waals surface area contributed by atoms with Crippen molar-refractivity contribution in [3.63, 3.8) is 0 Å². The van der Waals surface area contributed by atoms with Crippen molar-refractivity contribution in [2.24, 2.45) is 0 Å². The number of nitrogens with zero attached hydrogens (tertiary/aromatic N) is 1. The molecule has 0 fully saturated rings. The molecule has 0 saturated carbocycles. The predicted octanol–water partition coefficient (Wildman–Crippen LogP) is 4.52. The molecule has 1 heterocycles. The summed E-state index contributed by atoms with van der Waals surface area (Å²) in [6.07, 6.45) is 0.975. The molecule has 0 aliphatic carbocycles. The van der Waals surface area contributed by atoms with E-state index in [-0.39, 0.29) is 0 Å². The van der Waals surface area contributed by atoms with Gasteiger partial charge in [-0.05, 0) is 40.5 Å². The van der Waals surface area contributed by atoms with Crippen LogP contribution < -0.4 is 15.4 Å². The highest BCUT2D eigenvalue weighted by Crippen LogP contribution is 2.29. The summed E-state index contributed by atoms with van der Waals surface area (Å²) in [7, 11) is 2.07.